The Labute approximate surface area is 121 Å². The van der Waals surface area contributed by atoms with Crippen molar-refractivity contribution in [3.05, 3.63) is 29.3 Å². The summed E-state index contributed by atoms with van der Waals surface area (Å²) in [6.07, 6.45) is 4.10. The second-order valence-electron chi connectivity index (χ2n) is 5.83. The summed E-state index contributed by atoms with van der Waals surface area (Å²) in [6.45, 7) is 4.37. The summed E-state index contributed by atoms with van der Waals surface area (Å²) in [4.78, 5) is 0.358. The fourth-order valence-electron chi connectivity index (χ4n) is 3.00. The van der Waals surface area contributed by atoms with E-state index in [1.807, 2.05) is 19.9 Å². The van der Waals surface area contributed by atoms with Crippen LogP contribution in [-0.2, 0) is 10.0 Å². The molecule has 2 rings (SSSR count). The van der Waals surface area contributed by atoms with Gasteiger partial charge in [-0.2, -0.15) is 0 Å². The van der Waals surface area contributed by atoms with Crippen LogP contribution in [0.25, 0.3) is 0 Å². The molecule has 0 bridgehead atoms. The molecule has 0 aliphatic heterocycles. The molecule has 0 spiro atoms. The zero-order valence-electron chi connectivity index (χ0n) is 12.2. The van der Waals surface area contributed by atoms with Crippen molar-refractivity contribution in [2.45, 2.75) is 50.5 Å². The highest BCUT2D eigenvalue weighted by Gasteiger charge is 2.28. The van der Waals surface area contributed by atoms with Gasteiger partial charge >= 0.3 is 0 Å². The van der Waals surface area contributed by atoms with E-state index in [1.54, 1.807) is 12.1 Å². The lowest BCUT2D eigenvalue weighted by atomic mass is 9.85. The van der Waals surface area contributed by atoms with E-state index in [0.717, 1.165) is 36.8 Å². The van der Waals surface area contributed by atoms with E-state index in [9.17, 15) is 8.42 Å². The SMILES string of the molecule is Cc1cc(C)cc(S(=O)(=O)NC2CCCCC2CN)c1. The zero-order valence-corrected chi connectivity index (χ0v) is 13.0. The fourth-order valence-corrected chi connectivity index (χ4v) is 4.53. The fraction of sp³-hybridized carbons (Fsp3) is 0.600. The van der Waals surface area contributed by atoms with Crippen molar-refractivity contribution >= 4 is 10.0 Å². The van der Waals surface area contributed by atoms with Crippen LogP contribution in [0, 0.1) is 19.8 Å². The lowest BCUT2D eigenvalue weighted by molar-refractivity contribution is 0.296. The summed E-state index contributed by atoms with van der Waals surface area (Å²) < 4.78 is 27.9. The maximum atomic E-state index is 12.5. The smallest absolute Gasteiger partial charge is 0.240 e. The number of sulfonamides is 1. The van der Waals surface area contributed by atoms with Crippen molar-refractivity contribution < 1.29 is 8.42 Å². The van der Waals surface area contributed by atoms with Crippen LogP contribution in [0.2, 0.25) is 0 Å². The maximum Gasteiger partial charge on any atom is 0.240 e. The first-order valence-electron chi connectivity index (χ1n) is 7.23. The summed E-state index contributed by atoms with van der Waals surface area (Å²) in [6, 6.07) is 5.38. The van der Waals surface area contributed by atoms with Crippen molar-refractivity contribution in [1.82, 2.24) is 4.72 Å². The highest BCUT2D eigenvalue weighted by atomic mass is 32.2. The highest BCUT2D eigenvalue weighted by molar-refractivity contribution is 7.89. The summed E-state index contributed by atoms with van der Waals surface area (Å²) in [7, 11) is -3.45. The zero-order chi connectivity index (χ0) is 14.8. The molecule has 1 aliphatic rings. The van der Waals surface area contributed by atoms with Crippen LogP contribution >= 0.6 is 0 Å². The molecule has 1 saturated carbocycles. The predicted molar refractivity (Wildman–Crippen MR) is 81.0 cm³/mol. The minimum absolute atomic E-state index is 0.0282. The Bertz CT molecular complexity index is 549. The van der Waals surface area contributed by atoms with Crippen LogP contribution < -0.4 is 10.5 Å². The van der Waals surface area contributed by atoms with Crippen LogP contribution in [0.4, 0.5) is 0 Å². The van der Waals surface area contributed by atoms with Crippen LogP contribution in [0.15, 0.2) is 23.1 Å². The van der Waals surface area contributed by atoms with E-state index in [-0.39, 0.29) is 12.0 Å². The molecule has 2 atom stereocenters. The van der Waals surface area contributed by atoms with Gasteiger partial charge in [0.05, 0.1) is 4.90 Å². The van der Waals surface area contributed by atoms with Gasteiger partial charge in [-0.25, -0.2) is 13.1 Å². The van der Waals surface area contributed by atoms with Gasteiger partial charge in [0.25, 0.3) is 0 Å². The van der Waals surface area contributed by atoms with E-state index >= 15 is 0 Å². The van der Waals surface area contributed by atoms with E-state index in [0.29, 0.717) is 11.4 Å². The van der Waals surface area contributed by atoms with Gasteiger partial charge in [0.2, 0.25) is 10.0 Å². The molecule has 4 nitrogen and oxygen atoms in total. The molecular formula is C15H24N2O2S. The molecule has 1 fully saturated rings. The minimum Gasteiger partial charge on any atom is -0.330 e. The molecule has 1 aliphatic carbocycles. The van der Waals surface area contributed by atoms with Gasteiger partial charge in [-0.1, -0.05) is 18.9 Å². The monoisotopic (exact) mass is 296 g/mol. The predicted octanol–water partition coefficient (Wildman–Crippen LogP) is 2.10. The van der Waals surface area contributed by atoms with E-state index in [4.69, 9.17) is 5.73 Å². The number of hydrogen-bond donors (Lipinski definition) is 2. The third kappa shape index (κ3) is 3.59. The molecular weight excluding hydrogens is 272 g/mol. The van der Waals surface area contributed by atoms with Crippen molar-refractivity contribution in [3.8, 4) is 0 Å². The lowest BCUT2D eigenvalue weighted by Crippen LogP contribution is -2.44. The Morgan fingerprint density at radius 3 is 2.35 bits per heavy atom. The second-order valence-corrected chi connectivity index (χ2v) is 7.55. The minimum atomic E-state index is -3.45. The van der Waals surface area contributed by atoms with Crippen LogP contribution in [-0.4, -0.2) is 21.0 Å². The van der Waals surface area contributed by atoms with Crippen molar-refractivity contribution in [1.29, 1.82) is 0 Å². The summed E-state index contributed by atoms with van der Waals surface area (Å²) in [5, 5.41) is 0. The third-order valence-electron chi connectivity index (χ3n) is 4.02. The molecule has 1 aromatic rings. The Morgan fingerprint density at radius 2 is 1.75 bits per heavy atom. The van der Waals surface area contributed by atoms with Crippen molar-refractivity contribution in [2.75, 3.05) is 6.54 Å². The number of nitrogens with one attached hydrogen (secondary N) is 1. The van der Waals surface area contributed by atoms with E-state index in [1.165, 1.54) is 0 Å². The largest absolute Gasteiger partial charge is 0.330 e. The topological polar surface area (TPSA) is 72.2 Å². The highest BCUT2D eigenvalue weighted by Crippen LogP contribution is 2.25. The molecule has 0 aromatic heterocycles. The Morgan fingerprint density at radius 1 is 1.15 bits per heavy atom. The second kappa shape index (κ2) is 6.24. The van der Waals surface area contributed by atoms with Crippen LogP contribution in [0.5, 0.6) is 0 Å². The number of aryl methyl sites for hydroxylation is 2. The van der Waals surface area contributed by atoms with Gasteiger partial charge in [-0.05, 0) is 62.4 Å². The van der Waals surface area contributed by atoms with Gasteiger partial charge in [0.1, 0.15) is 0 Å². The average Bonchev–Trinajstić information content (AvgIpc) is 2.38. The number of hydrogen-bond acceptors (Lipinski definition) is 3. The molecule has 3 N–H and O–H groups in total. The molecule has 0 radical (unpaired) electrons. The number of benzene rings is 1. The van der Waals surface area contributed by atoms with Gasteiger partial charge < -0.3 is 5.73 Å². The Hall–Kier alpha value is -0.910. The molecule has 2 unspecified atom stereocenters. The average molecular weight is 296 g/mol. The molecule has 0 saturated heterocycles. The third-order valence-corrected chi connectivity index (χ3v) is 5.49. The Balaban J connectivity index is 2.21. The molecule has 112 valence electrons. The van der Waals surface area contributed by atoms with Gasteiger partial charge in [0, 0.05) is 6.04 Å². The van der Waals surface area contributed by atoms with Crippen LogP contribution in [0.1, 0.15) is 36.8 Å². The van der Waals surface area contributed by atoms with Gasteiger partial charge in [0.15, 0.2) is 0 Å². The summed E-state index contributed by atoms with van der Waals surface area (Å²) in [5.41, 5.74) is 7.69. The van der Waals surface area contributed by atoms with E-state index < -0.39 is 10.0 Å². The molecule has 1 aromatic carbocycles. The molecule has 0 amide bonds. The first kappa shape index (κ1) is 15.5. The Kier molecular flexibility index (Phi) is 4.83. The van der Waals surface area contributed by atoms with Crippen LogP contribution in [0.3, 0.4) is 0 Å². The standard InChI is InChI=1S/C15H24N2O2S/c1-11-7-12(2)9-14(8-11)20(18,19)17-15-6-4-3-5-13(15)10-16/h7-9,13,15,17H,3-6,10,16H2,1-2H3. The number of rotatable bonds is 4. The first-order chi connectivity index (χ1) is 9.42. The summed E-state index contributed by atoms with van der Waals surface area (Å²) in [5.74, 6) is 0.254. The first-order valence-corrected chi connectivity index (χ1v) is 8.71. The summed E-state index contributed by atoms with van der Waals surface area (Å²) >= 11 is 0. The quantitative estimate of drug-likeness (QED) is 0.893. The van der Waals surface area contributed by atoms with E-state index in [2.05, 4.69) is 4.72 Å². The van der Waals surface area contributed by atoms with Crippen molar-refractivity contribution in [3.63, 3.8) is 0 Å². The maximum absolute atomic E-state index is 12.5. The lowest BCUT2D eigenvalue weighted by Gasteiger charge is -2.31. The molecule has 5 heteroatoms. The normalized spacial score (nSPS) is 23.8. The molecule has 0 heterocycles. The van der Waals surface area contributed by atoms with Crippen molar-refractivity contribution in [2.24, 2.45) is 11.7 Å². The van der Waals surface area contributed by atoms with Gasteiger partial charge in [-0.15, -0.1) is 0 Å². The molecule has 20 heavy (non-hydrogen) atoms. The van der Waals surface area contributed by atoms with Gasteiger partial charge in [-0.3, -0.25) is 0 Å². The number of nitrogens with two attached hydrogens (primary N) is 1.